The molecule has 0 spiro atoms. The Kier molecular flexibility index (Phi) is 6.90. The summed E-state index contributed by atoms with van der Waals surface area (Å²) in [5, 5.41) is 1.21. The third-order valence-electron chi connectivity index (χ3n) is 4.61. The maximum atomic E-state index is 12.5. The van der Waals surface area contributed by atoms with Crippen molar-refractivity contribution in [2.45, 2.75) is 0 Å². The molecule has 7 nitrogen and oxygen atoms in total. The first-order chi connectivity index (χ1) is 14.0. The molecule has 0 unspecified atom stereocenters. The minimum atomic E-state index is -3.52. The Bertz CT molecular complexity index is 935. The second-order valence-corrected chi connectivity index (χ2v) is 8.32. The van der Waals surface area contributed by atoms with Gasteiger partial charge in [-0.25, -0.2) is 8.42 Å². The van der Waals surface area contributed by atoms with Crippen LogP contribution in [0.15, 0.2) is 60.0 Å². The fraction of sp³-hybridized carbons (Fsp3) is 0.286. The summed E-state index contributed by atoms with van der Waals surface area (Å²) < 4.78 is 37.0. The van der Waals surface area contributed by atoms with Crippen molar-refractivity contribution >= 4 is 22.0 Å². The van der Waals surface area contributed by atoms with Gasteiger partial charge < -0.3 is 14.4 Å². The van der Waals surface area contributed by atoms with E-state index in [1.54, 1.807) is 42.4 Å². The van der Waals surface area contributed by atoms with E-state index >= 15 is 0 Å². The van der Waals surface area contributed by atoms with Crippen LogP contribution in [0, 0.1) is 0 Å². The summed E-state index contributed by atoms with van der Waals surface area (Å²) in [5.41, 5.74) is 0.820. The molecule has 0 N–H and O–H groups in total. The molecular weight excluding hydrogens is 392 g/mol. The summed E-state index contributed by atoms with van der Waals surface area (Å²) in [7, 11) is -1.94. The Hall–Kier alpha value is -2.84. The maximum Gasteiger partial charge on any atom is 0.260 e. The van der Waals surface area contributed by atoms with Crippen LogP contribution in [0.25, 0.3) is 6.08 Å². The van der Waals surface area contributed by atoms with Crippen LogP contribution in [0.1, 0.15) is 5.56 Å². The summed E-state index contributed by atoms with van der Waals surface area (Å²) in [5.74, 6) is 1.12. The van der Waals surface area contributed by atoms with Crippen molar-refractivity contribution in [3.8, 4) is 11.5 Å². The van der Waals surface area contributed by atoms with Crippen molar-refractivity contribution < 1.29 is 22.7 Å². The van der Waals surface area contributed by atoms with E-state index in [1.807, 2.05) is 30.3 Å². The van der Waals surface area contributed by atoms with E-state index < -0.39 is 10.0 Å². The molecule has 0 aromatic heterocycles. The maximum absolute atomic E-state index is 12.5. The summed E-state index contributed by atoms with van der Waals surface area (Å²) in [6.45, 7) is 1.10. The Balaban J connectivity index is 1.48. The first-order valence-electron chi connectivity index (χ1n) is 9.26. The van der Waals surface area contributed by atoms with Crippen molar-refractivity contribution in [2.75, 3.05) is 39.9 Å². The molecule has 8 heteroatoms. The molecule has 29 heavy (non-hydrogen) atoms. The van der Waals surface area contributed by atoms with Crippen LogP contribution in [-0.4, -0.2) is 63.4 Å². The van der Waals surface area contributed by atoms with Gasteiger partial charge in [-0.3, -0.25) is 4.79 Å². The van der Waals surface area contributed by atoms with Gasteiger partial charge in [-0.2, -0.15) is 4.31 Å². The molecule has 0 saturated carbocycles. The molecular formula is C21H24N2O5S. The Morgan fingerprint density at radius 3 is 2.21 bits per heavy atom. The molecule has 3 rings (SSSR count). The molecule has 0 radical (unpaired) electrons. The van der Waals surface area contributed by atoms with Crippen LogP contribution >= 0.6 is 0 Å². The molecule has 0 aliphatic carbocycles. The molecule has 0 bridgehead atoms. The lowest BCUT2D eigenvalue weighted by atomic mass is 10.2. The summed E-state index contributed by atoms with van der Waals surface area (Å²) >= 11 is 0. The molecule has 154 valence electrons. The number of hydrogen-bond acceptors (Lipinski definition) is 5. The monoisotopic (exact) mass is 416 g/mol. The number of rotatable bonds is 7. The smallest absolute Gasteiger partial charge is 0.260 e. The molecule has 1 saturated heterocycles. The van der Waals surface area contributed by atoms with Crippen molar-refractivity contribution in [3.63, 3.8) is 0 Å². The third kappa shape index (κ3) is 5.82. The lowest BCUT2D eigenvalue weighted by molar-refractivity contribution is -0.134. The number of carbonyl (C=O) groups is 1. The Morgan fingerprint density at radius 2 is 1.59 bits per heavy atom. The van der Waals surface area contributed by atoms with Crippen molar-refractivity contribution in [1.82, 2.24) is 9.21 Å². The number of ether oxygens (including phenoxy) is 2. The van der Waals surface area contributed by atoms with Gasteiger partial charge in [-0.15, -0.1) is 0 Å². The second kappa shape index (κ2) is 9.58. The lowest BCUT2D eigenvalue weighted by Gasteiger charge is -2.33. The highest BCUT2D eigenvalue weighted by Crippen LogP contribution is 2.17. The molecule has 2 aromatic rings. The minimum absolute atomic E-state index is 0.0903. The molecule has 1 heterocycles. The third-order valence-corrected chi connectivity index (χ3v) is 6.17. The first kappa shape index (κ1) is 20.9. The number of hydrogen-bond donors (Lipinski definition) is 0. The van der Waals surface area contributed by atoms with Gasteiger partial charge in [-0.1, -0.05) is 30.3 Å². The fourth-order valence-electron chi connectivity index (χ4n) is 2.92. The number of sulfonamides is 1. The number of methoxy groups -OCH3 is 1. The molecule has 1 fully saturated rings. The highest BCUT2D eigenvalue weighted by molar-refractivity contribution is 7.92. The second-order valence-electron chi connectivity index (χ2n) is 6.50. The lowest BCUT2D eigenvalue weighted by Crippen LogP contribution is -2.51. The van der Waals surface area contributed by atoms with Crippen LogP contribution in [-0.2, 0) is 14.8 Å². The van der Waals surface area contributed by atoms with E-state index in [0.717, 1.165) is 5.56 Å². The van der Waals surface area contributed by atoms with Crippen LogP contribution < -0.4 is 9.47 Å². The fourth-order valence-corrected chi connectivity index (χ4v) is 4.09. The van der Waals surface area contributed by atoms with E-state index in [2.05, 4.69) is 0 Å². The number of nitrogens with zero attached hydrogens (tertiary/aromatic N) is 2. The average molecular weight is 416 g/mol. The normalized spacial score (nSPS) is 15.4. The zero-order valence-corrected chi connectivity index (χ0v) is 17.0. The molecule has 1 amide bonds. The van der Waals surface area contributed by atoms with Gasteiger partial charge in [0, 0.05) is 31.6 Å². The Morgan fingerprint density at radius 1 is 0.966 bits per heavy atom. The van der Waals surface area contributed by atoms with E-state index in [-0.39, 0.29) is 25.6 Å². The van der Waals surface area contributed by atoms with Crippen LogP contribution in [0.5, 0.6) is 11.5 Å². The predicted molar refractivity (Wildman–Crippen MR) is 111 cm³/mol. The summed E-state index contributed by atoms with van der Waals surface area (Å²) in [6.07, 6.45) is 1.58. The van der Waals surface area contributed by atoms with Crippen molar-refractivity contribution in [2.24, 2.45) is 0 Å². The van der Waals surface area contributed by atoms with Gasteiger partial charge in [0.05, 0.1) is 7.11 Å². The van der Waals surface area contributed by atoms with E-state index in [1.165, 1.54) is 9.71 Å². The van der Waals surface area contributed by atoms with Gasteiger partial charge in [-0.05, 0) is 35.9 Å². The number of piperazine rings is 1. The first-order valence-corrected chi connectivity index (χ1v) is 10.8. The minimum Gasteiger partial charge on any atom is -0.497 e. The molecule has 1 aliphatic heterocycles. The summed E-state index contributed by atoms with van der Waals surface area (Å²) in [6, 6.07) is 16.2. The average Bonchev–Trinajstić information content (AvgIpc) is 2.77. The van der Waals surface area contributed by atoms with E-state index in [0.29, 0.717) is 24.6 Å². The largest absolute Gasteiger partial charge is 0.497 e. The van der Waals surface area contributed by atoms with Crippen LogP contribution in [0.2, 0.25) is 0 Å². The zero-order valence-electron chi connectivity index (χ0n) is 16.2. The summed E-state index contributed by atoms with van der Waals surface area (Å²) in [4.78, 5) is 14.0. The quantitative estimate of drug-likeness (QED) is 0.692. The SMILES string of the molecule is COc1ccc(OCC(=O)N2CCN(S(=O)(=O)/C=C/c3ccccc3)CC2)cc1. The molecule has 1 aliphatic rings. The molecule has 0 atom stereocenters. The van der Waals surface area contributed by atoms with Crippen LogP contribution in [0.4, 0.5) is 0 Å². The van der Waals surface area contributed by atoms with Gasteiger partial charge in [0.2, 0.25) is 10.0 Å². The standard InChI is InChI=1S/C21H24N2O5S/c1-27-19-7-9-20(10-8-19)28-17-21(24)22-12-14-23(15-13-22)29(25,26)16-11-18-5-3-2-4-6-18/h2-11,16H,12-15,17H2,1H3/b16-11+. The highest BCUT2D eigenvalue weighted by atomic mass is 32.2. The van der Waals surface area contributed by atoms with E-state index in [4.69, 9.17) is 9.47 Å². The van der Waals surface area contributed by atoms with Gasteiger partial charge >= 0.3 is 0 Å². The zero-order chi connectivity index (χ0) is 20.7. The van der Waals surface area contributed by atoms with E-state index in [9.17, 15) is 13.2 Å². The van der Waals surface area contributed by atoms with Gasteiger partial charge in [0.1, 0.15) is 11.5 Å². The van der Waals surface area contributed by atoms with Gasteiger partial charge in [0.25, 0.3) is 5.91 Å². The molecule has 2 aromatic carbocycles. The highest BCUT2D eigenvalue weighted by Gasteiger charge is 2.27. The van der Waals surface area contributed by atoms with Gasteiger partial charge in [0.15, 0.2) is 6.61 Å². The number of benzene rings is 2. The van der Waals surface area contributed by atoms with Crippen LogP contribution in [0.3, 0.4) is 0 Å². The van der Waals surface area contributed by atoms with Crippen molar-refractivity contribution in [1.29, 1.82) is 0 Å². The predicted octanol–water partition coefficient (Wildman–Crippen LogP) is 2.22. The number of carbonyl (C=O) groups excluding carboxylic acids is 1. The topological polar surface area (TPSA) is 76.2 Å². The van der Waals surface area contributed by atoms with Crippen molar-refractivity contribution in [3.05, 3.63) is 65.6 Å². The number of amides is 1. The Labute approximate surface area is 171 Å².